The van der Waals surface area contributed by atoms with Gasteiger partial charge in [0, 0.05) is 12.2 Å². The summed E-state index contributed by atoms with van der Waals surface area (Å²) >= 11 is 5.96. The van der Waals surface area contributed by atoms with Crippen LogP contribution in [0.2, 0.25) is 5.02 Å². The Labute approximate surface area is 107 Å². The molecule has 88 valence electrons. The minimum absolute atomic E-state index is 0.512. The summed E-state index contributed by atoms with van der Waals surface area (Å²) in [6.45, 7) is 0.925. The van der Waals surface area contributed by atoms with Crippen LogP contribution in [0.25, 0.3) is 0 Å². The zero-order valence-electron chi connectivity index (χ0n) is 9.67. The molecule has 0 spiro atoms. The Kier molecular flexibility index (Phi) is 4.06. The fourth-order valence-corrected chi connectivity index (χ4v) is 2.27. The summed E-state index contributed by atoms with van der Waals surface area (Å²) in [6.07, 6.45) is 7.22. The van der Waals surface area contributed by atoms with Crippen molar-refractivity contribution in [3.05, 3.63) is 40.4 Å². The highest BCUT2D eigenvalue weighted by Gasteiger charge is 2.04. The predicted octanol–water partition coefficient (Wildman–Crippen LogP) is 4.12. The van der Waals surface area contributed by atoms with Gasteiger partial charge in [-0.3, -0.25) is 0 Å². The summed E-state index contributed by atoms with van der Waals surface area (Å²) in [5.74, 6) is 0. The van der Waals surface area contributed by atoms with E-state index in [1.54, 1.807) is 11.6 Å². The first-order valence-corrected chi connectivity index (χ1v) is 6.29. The van der Waals surface area contributed by atoms with Crippen LogP contribution in [0.15, 0.2) is 29.8 Å². The highest BCUT2D eigenvalue weighted by atomic mass is 35.5. The molecule has 1 aliphatic rings. The van der Waals surface area contributed by atoms with Crippen LogP contribution in [0.1, 0.15) is 31.2 Å². The number of nitriles is 1. The van der Waals surface area contributed by atoms with Gasteiger partial charge in [-0.1, -0.05) is 23.3 Å². The van der Waals surface area contributed by atoms with Crippen molar-refractivity contribution in [2.45, 2.75) is 25.7 Å². The Morgan fingerprint density at radius 1 is 1.41 bits per heavy atom. The Morgan fingerprint density at radius 2 is 2.29 bits per heavy atom. The molecule has 0 atom stereocenters. The Morgan fingerprint density at radius 3 is 2.94 bits per heavy atom. The van der Waals surface area contributed by atoms with Crippen LogP contribution < -0.4 is 5.32 Å². The maximum absolute atomic E-state index is 8.77. The minimum atomic E-state index is 0.512. The van der Waals surface area contributed by atoms with E-state index in [2.05, 4.69) is 17.5 Å². The molecule has 2 rings (SSSR count). The number of hydrogen-bond acceptors (Lipinski definition) is 2. The molecule has 1 aliphatic carbocycles. The van der Waals surface area contributed by atoms with E-state index >= 15 is 0 Å². The number of hydrogen-bond donors (Lipinski definition) is 1. The van der Waals surface area contributed by atoms with Crippen LogP contribution in [0, 0.1) is 11.3 Å². The fourth-order valence-electron chi connectivity index (χ4n) is 2.05. The van der Waals surface area contributed by atoms with Gasteiger partial charge in [-0.05, 0) is 43.9 Å². The van der Waals surface area contributed by atoms with Gasteiger partial charge >= 0.3 is 0 Å². The number of benzene rings is 1. The van der Waals surface area contributed by atoms with Gasteiger partial charge < -0.3 is 5.32 Å². The van der Waals surface area contributed by atoms with Gasteiger partial charge in [0.15, 0.2) is 0 Å². The molecule has 1 aromatic rings. The molecule has 0 fully saturated rings. The second-order valence-corrected chi connectivity index (χ2v) is 4.65. The molecule has 3 heteroatoms. The lowest BCUT2D eigenvalue weighted by Crippen LogP contribution is -2.02. The van der Waals surface area contributed by atoms with E-state index in [4.69, 9.17) is 16.9 Å². The van der Waals surface area contributed by atoms with E-state index in [1.807, 2.05) is 12.1 Å². The zero-order valence-corrected chi connectivity index (χ0v) is 10.4. The van der Waals surface area contributed by atoms with E-state index in [9.17, 15) is 0 Å². The van der Waals surface area contributed by atoms with Crippen molar-refractivity contribution >= 4 is 17.3 Å². The molecular weight excluding hydrogens is 232 g/mol. The summed E-state index contributed by atoms with van der Waals surface area (Å²) in [4.78, 5) is 0. The summed E-state index contributed by atoms with van der Waals surface area (Å²) in [6, 6.07) is 7.51. The first kappa shape index (κ1) is 12.0. The van der Waals surface area contributed by atoms with Crippen LogP contribution in [-0.4, -0.2) is 6.54 Å². The van der Waals surface area contributed by atoms with Crippen molar-refractivity contribution in [2.75, 3.05) is 11.9 Å². The second-order valence-electron chi connectivity index (χ2n) is 4.24. The molecule has 0 aliphatic heterocycles. The van der Waals surface area contributed by atoms with Crippen molar-refractivity contribution in [3.8, 4) is 6.07 Å². The third kappa shape index (κ3) is 3.25. The molecule has 0 unspecified atom stereocenters. The van der Waals surface area contributed by atoms with Crippen LogP contribution >= 0.6 is 11.6 Å². The second kappa shape index (κ2) is 5.75. The third-order valence-corrected chi connectivity index (χ3v) is 3.31. The number of nitrogens with one attached hydrogen (secondary N) is 1. The monoisotopic (exact) mass is 246 g/mol. The van der Waals surface area contributed by atoms with Crippen LogP contribution in [0.5, 0.6) is 0 Å². The normalized spacial score (nSPS) is 14.2. The van der Waals surface area contributed by atoms with E-state index in [-0.39, 0.29) is 0 Å². The Hall–Kier alpha value is -1.46. The maximum atomic E-state index is 8.77. The van der Waals surface area contributed by atoms with Crippen LogP contribution in [-0.2, 0) is 0 Å². The first-order chi connectivity index (χ1) is 8.29. The highest BCUT2D eigenvalue weighted by Crippen LogP contribution is 2.22. The molecule has 1 N–H and O–H groups in total. The molecule has 1 aromatic carbocycles. The van der Waals surface area contributed by atoms with E-state index < -0.39 is 0 Å². The highest BCUT2D eigenvalue weighted by molar-refractivity contribution is 6.32. The van der Waals surface area contributed by atoms with Crippen molar-refractivity contribution in [3.63, 3.8) is 0 Å². The molecular formula is C14H15ClN2. The fraction of sp³-hybridized carbons (Fsp3) is 0.357. The third-order valence-electron chi connectivity index (χ3n) is 3.00. The van der Waals surface area contributed by atoms with Gasteiger partial charge in [0.1, 0.15) is 6.07 Å². The summed E-state index contributed by atoms with van der Waals surface area (Å²) < 4.78 is 0. The number of nitrogens with zero attached hydrogens (tertiary/aromatic N) is 1. The van der Waals surface area contributed by atoms with Crippen LogP contribution in [0.4, 0.5) is 5.69 Å². The van der Waals surface area contributed by atoms with Gasteiger partial charge in [-0.15, -0.1) is 0 Å². The van der Waals surface area contributed by atoms with Crippen molar-refractivity contribution < 1.29 is 0 Å². The number of allylic oxidation sites excluding steroid dienone is 1. The maximum Gasteiger partial charge on any atom is 0.101 e. The molecule has 0 radical (unpaired) electrons. The smallest absolute Gasteiger partial charge is 0.101 e. The largest absolute Gasteiger partial charge is 0.385 e. The Balaban J connectivity index is 1.87. The molecule has 0 saturated heterocycles. The first-order valence-electron chi connectivity index (χ1n) is 5.91. The van der Waals surface area contributed by atoms with Crippen molar-refractivity contribution in [1.82, 2.24) is 0 Å². The zero-order chi connectivity index (χ0) is 12.1. The molecule has 0 aromatic heterocycles. The van der Waals surface area contributed by atoms with Crippen molar-refractivity contribution in [1.29, 1.82) is 5.26 Å². The topological polar surface area (TPSA) is 35.8 Å². The molecule has 0 saturated carbocycles. The Bertz CT molecular complexity index is 472. The van der Waals surface area contributed by atoms with Crippen LogP contribution in [0.3, 0.4) is 0 Å². The van der Waals surface area contributed by atoms with Gasteiger partial charge in [0.2, 0.25) is 0 Å². The molecule has 0 heterocycles. The summed E-state index contributed by atoms with van der Waals surface area (Å²) in [5, 5.41) is 12.6. The van der Waals surface area contributed by atoms with Crippen molar-refractivity contribution in [2.24, 2.45) is 0 Å². The quantitative estimate of drug-likeness (QED) is 0.811. The SMILES string of the molecule is N#Cc1ccc(NCCC2=CCCC2)cc1Cl. The number of anilines is 1. The van der Waals surface area contributed by atoms with E-state index in [0.717, 1.165) is 18.7 Å². The predicted molar refractivity (Wildman–Crippen MR) is 71.2 cm³/mol. The molecule has 17 heavy (non-hydrogen) atoms. The average molecular weight is 247 g/mol. The molecule has 2 nitrogen and oxygen atoms in total. The van der Waals surface area contributed by atoms with Gasteiger partial charge in [0.05, 0.1) is 10.6 Å². The number of rotatable bonds is 4. The average Bonchev–Trinajstić information content (AvgIpc) is 2.82. The van der Waals surface area contributed by atoms with Gasteiger partial charge in [0.25, 0.3) is 0 Å². The summed E-state index contributed by atoms with van der Waals surface area (Å²) in [7, 11) is 0. The van der Waals surface area contributed by atoms with Gasteiger partial charge in [-0.2, -0.15) is 5.26 Å². The lowest BCUT2D eigenvalue weighted by atomic mass is 10.1. The van der Waals surface area contributed by atoms with E-state index in [0.29, 0.717) is 10.6 Å². The summed E-state index contributed by atoms with van der Waals surface area (Å²) in [5.41, 5.74) is 3.06. The van der Waals surface area contributed by atoms with Gasteiger partial charge in [-0.25, -0.2) is 0 Å². The van der Waals surface area contributed by atoms with E-state index in [1.165, 1.54) is 19.3 Å². The molecule has 0 bridgehead atoms. The standard InChI is InChI=1S/C14H15ClN2/c15-14-9-13(6-5-12(14)10-16)17-8-7-11-3-1-2-4-11/h3,5-6,9,17H,1-2,4,7-8H2. The lowest BCUT2D eigenvalue weighted by molar-refractivity contribution is 0.863. The number of halogens is 1. The minimum Gasteiger partial charge on any atom is -0.385 e. The lowest BCUT2D eigenvalue weighted by Gasteiger charge is -2.07. The molecule has 0 amide bonds.